The zero-order chi connectivity index (χ0) is 20.8. The summed E-state index contributed by atoms with van der Waals surface area (Å²) in [5, 5.41) is 27.1. The number of hydrogen-bond acceptors (Lipinski definition) is 7. The quantitative estimate of drug-likeness (QED) is 0.439. The maximum absolute atomic E-state index is 13.0. The van der Waals surface area contributed by atoms with Crippen LogP contribution in [0.4, 0.5) is 10.1 Å². The van der Waals surface area contributed by atoms with Gasteiger partial charge >= 0.3 is 0 Å². The van der Waals surface area contributed by atoms with E-state index in [1.807, 2.05) is 0 Å². The van der Waals surface area contributed by atoms with Crippen molar-refractivity contribution in [3.8, 4) is 11.4 Å². The molecule has 29 heavy (non-hydrogen) atoms. The minimum absolute atomic E-state index is 0.0404. The van der Waals surface area contributed by atoms with Gasteiger partial charge in [0.1, 0.15) is 5.82 Å². The lowest BCUT2D eigenvalue weighted by Gasteiger charge is -2.11. The van der Waals surface area contributed by atoms with Crippen LogP contribution in [0.1, 0.15) is 24.0 Å². The number of aromatic nitrogens is 2. The fourth-order valence-electron chi connectivity index (χ4n) is 2.53. The summed E-state index contributed by atoms with van der Waals surface area (Å²) in [6, 6.07) is 11.1. The topological polar surface area (TPSA) is 131 Å². The number of non-ortho nitro benzene ring substituents is 1. The average Bonchev–Trinajstić information content (AvgIpc) is 3.20. The molecule has 1 heterocycles. The van der Waals surface area contributed by atoms with Gasteiger partial charge in [0, 0.05) is 37.1 Å². The molecule has 3 rings (SSSR count). The molecule has 1 unspecified atom stereocenters. The lowest BCUT2D eigenvalue weighted by molar-refractivity contribution is -0.384. The number of hydrogen-bond donors (Lipinski definition) is 2. The first-order valence-corrected chi connectivity index (χ1v) is 8.70. The third kappa shape index (κ3) is 5.42. The van der Waals surface area contributed by atoms with Crippen LogP contribution < -0.4 is 5.32 Å². The fourth-order valence-corrected chi connectivity index (χ4v) is 2.53. The van der Waals surface area contributed by atoms with Crippen molar-refractivity contribution >= 4 is 11.6 Å². The van der Waals surface area contributed by atoms with Gasteiger partial charge in [-0.3, -0.25) is 14.9 Å². The maximum Gasteiger partial charge on any atom is 0.269 e. The number of carbonyl (C=O) groups excluding carboxylic acids is 1. The second kappa shape index (κ2) is 9.02. The number of nitro benzene ring substituents is 1. The second-order valence-corrected chi connectivity index (χ2v) is 6.19. The van der Waals surface area contributed by atoms with Crippen LogP contribution >= 0.6 is 0 Å². The fraction of sp³-hybridized carbons (Fsp3) is 0.211. The minimum atomic E-state index is -0.992. The Morgan fingerprint density at radius 3 is 2.55 bits per heavy atom. The van der Waals surface area contributed by atoms with Gasteiger partial charge in [-0.2, -0.15) is 4.98 Å². The lowest BCUT2D eigenvalue weighted by atomic mass is 10.1. The first kappa shape index (κ1) is 20.1. The molecular formula is C19H17FN4O5. The SMILES string of the molecule is O=C(CCc1nc(-c2ccc(F)cc2)no1)NCC(O)c1ccc([N+](=O)[O-])cc1. The highest BCUT2D eigenvalue weighted by molar-refractivity contribution is 5.76. The van der Waals surface area contributed by atoms with E-state index in [-0.39, 0.29) is 42.7 Å². The molecular weight excluding hydrogens is 383 g/mol. The molecule has 0 aliphatic rings. The van der Waals surface area contributed by atoms with Gasteiger partial charge in [0.05, 0.1) is 11.0 Å². The number of halogens is 1. The van der Waals surface area contributed by atoms with E-state index < -0.39 is 11.0 Å². The van der Waals surface area contributed by atoms with Crippen molar-refractivity contribution in [2.45, 2.75) is 18.9 Å². The molecule has 0 radical (unpaired) electrons. The number of carbonyl (C=O) groups is 1. The van der Waals surface area contributed by atoms with Crippen molar-refractivity contribution < 1.29 is 23.7 Å². The standard InChI is InChI=1S/C19H17FN4O5/c20-14-5-1-13(2-6-14)19-22-18(29-23-19)10-9-17(26)21-11-16(25)12-3-7-15(8-4-12)24(27)28/h1-8,16,25H,9-11H2,(H,21,26). The predicted octanol–water partition coefficient (Wildman–Crippen LogP) is 2.57. The lowest BCUT2D eigenvalue weighted by Crippen LogP contribution is -2.28. The molecule has 1 aromatic heterocycles. The van der Waals surface area contributed by atoms with Crippen LogP contribution in [0.5, 0.6) is 0 Å². The number of nitro groups is 1. The highest BCUT2D eigenvalue weighted by Crippen LogP contribution is 2.18. The van der Waals surface area contributed by atoms with E-state index in [4.69, 9.17) is 4.52 Å². The summed E-state index contributed by atoms with van der Waals surface area (Å²) in [6.45, 7) is -0.0404. The van der Waals surface area contributed by atoms with Crippen LogP contribution in [0.2, 0.25) is 0 Å². The maximum atomic E-state index is 13.0. The van der Waals surface area contributed by atoms with E-state index in [0.29, 0.717) is 17.0 Å². The molecule has 0 saturated carbocycles. The van der Waals surface area contributed by atoms with E-state index in [9.17, 15) is 24.4 Å². The molecule has 0 aliphatic carbocycles. The number of aliphatic hydroxyl groups excluding tert-OH is 1. The third-order valence-electron chi connectivity index (χ3n) is 4.12. The number of benzene rings is 2. The average molecular weight is 400 g/mol. The minimum Gasteiger partial charge on any atom is -0.387 e. The summed E-state index contributed by atoms with van der Waals surface area (Å²) < 4.78 is 18.0. The van der Waals surface area contributed by atoms with E-state index in [1.54, 1.807) is 0 Å². The van der Waals surface area contributed by atoms with Crippen molar-refractivity contribution in [1.82, 2.24) is 15.5 Å². The van der Waals surface area contributed by atoms with Crippen molar-refractivity contribution in [2.24, 2.45) is 0 Å². The first-order valence-electron chi connectivity index (χ1n) is 8.70. The Bertz CT molecular complexity index is 989. The van der Waals surface area contributed by atoms with Crippen LogP contribution in [0.15, 0.2) is 53.1 Å². The summed E-state index contributed by atoms with van der Waals surface area (Å²) in [7, 11) is 0. The summed E-state index contributed by atoms with van der Waals surface area (Å²) >= 11 is 0. The third-order valence-corrected chi connectivity index (χ3v) is 4.12. The van der Waals surface area contributed by atoms with Gasteiger partial charge in [0.15, 0.2) is 0 Å². The highest BCUT2D eigenvalue weighted by atomic mass is 19.1. The van der Waals surface area contributed by atoms with E-state index >= 15 is 0 Å². The molecule has 1 atom stereocenters. The molecule has 2 aromatic carbocycles. The van der Waals surface area contributed by atoms with Crippen LogP contribution in [0, 0.1) is 15.9 Å². The smallest absolute Gasteiger partial charge is 0.269 e. The van der Waals surface area contributed by atoms with Crippen molar-refractivity contribution in [1.29, 1.82) is 0 Å². The Balaban J connectivity index is 1.46. The monoisotopic (exact) mass is 400 g/mol. The Hall–Kier alpha value is -3.66. The summed E-state index contributed by atoms with van der Waals surface area (Å²) in [4.78, 5) is 26.2. The number of rotatable bonds is 8. The van der Waals surface area contributed by atoms with Crippen LogP contribution in [-0.4, -0.2) is 32.6 Å². The Kier molecular flexibility index (Phi) is 6.25. The molecule has 150 valence electrons. The number of nitrogens with zero attached hydrogens (tertiary/aromatic N) is 3. The van der Waals surface area contributed by atoms with Crippen LogP contribution in [0.25, 0.3) is 11.4 Å². The Labute approximate surface area is 164 Å². The molecule has 0 bridgehead atoms. The summed E-state index contributed by atoms with van der Waals surface area (Å²) in [6.07, 6.45) is -0.723. The van der Waals surface area contributed by atoms with Gasteiger partial charge in [0.2, 0.25) is 17.6 Å². The molecule has 9 nitrogen and oxygen atoms in total. The van der Waals surface area contributed by atoms with E-state index in [1.165, 1.54) is 48.5 Å². The molecule has 0 spiro atoms. The first-order chi connectivity index (χ1) is 13.9. The summed E-state index contributed by atoms with van der Waals surface area (Å²) in [5.74, 6) is -0.137. The number of amides is 1. The zero-order valence-electron chi connectivity index (χ0n) is 15.1. The number of aryl methyl sites for hydroxylation is 1. The summed E-state index contributed by atoms with van der Waals surface area (Å²) in [5.41, 5.74) is 0.971. The molecule has 2 N–H and O–H groups in total. The Morgan fingerprint density at radius 2 is 1.90 bits per heavy atom. The predicted molar refractivity (Wildman–Crippen MR) is 99.1 cm³/mol. The van der Waals surface area contributed by atoms with Crippen molar-refractivity contribution in [3.05, 3.63) is 75.9 Å². The number of aliphatic hydroxyl groups is 1. The van der Waals surface area contributed by atoms with E-state index in [0.717, 1.165) is 0 Å². The molecule has 1 amide bonds. The largest absolute Gasteiger partial charge is 0.387 e. The van der Waals surface area contributed by atoms with Gasteiger partial charge in [-0.15, -0.1) is 0 Å². The highest BCUT2D eigenvalue weighted by Gasteiger charge is 2.14. The molecule has 3 aromatic rings. The molecule has 0 fully saturated rings. The van der Waals surface area contributed by atoms with Gasteiger partial charge in [0.25, 0.3) is 5.69 Å². The normalized spacial score (nSPS) is 11.8. The van der Waals surface area contributed by atoms with Crippen molar-refractivity contribution in [3.63, 3.8) is 0 Å². The van der Waals surface area contributed by atoms with Gasteiger partial charge in [-0.1, -0.05) is 5.16 Å². The molecule has 10 heteroatoms. The molecule has 0 aliphatic heterocycles. The zero-order valence-corrected chi connectivity index (χ0v) is 15.1. The van der Waals surface area contributed by atoms with Gasteiger partial charge < -0.3 is 14.9 Å². The number of nitrogens with one attached hydrogen (secondary N) is 1. The van der Waals surface area contributed by atoms with Gasteiger partial charge in [-0.25, -0.2) is 4.39 Å². The van der Waals surface area contributed by atoms with Crippen molar-refractivity contribution in [2.75, 3.05) is 6.54 Å². The van der Waals surface area contributed by atoms with Gasteiger partial charge in [-0.05, 0) is 42.0 Å². The van der Waals surface area contributed by atoms with E-state index in [2.05, 4.69) is 15.5 Å². The van der Waals surface area contributed by atoms with Crippen LogP contribution in [-0.2, 0) is 11.2 Å². The Morgan fingerprint density at radius 1 is 1.21 bits per heavy atom. The molecule has 0 saturated heterocycles. The van der Waals surface area contributed by atoms with Crippen LogP contribution in [0.3, 0.4) is 0 Å². The second-order valence-electron chi connectivity index (χ2n) is 6.19.